The van der Waals surface area contributed by atoms with Gasteiger partial charge in [0.25, 0.3) is 0 Å². The van der Waals surface area contributed by atoms with Crippen LogP contribution in [0, 0.1) is 5.92 Å². The second-order valence-electron chi connectivity index (χ2n) is 6.48. The van der Waals surface area contributed by atoms with Crippen LogP contribution in [0.4, 0.5) is 29.6 Å². The smallest absolute Gasteiger partial charge is 0.406 e. The molecule has 162 valence electrons. The van der Waals surface area contributed by atoms with Crippen molar-refractivity contribution in [2.45, 2.75) is 19.0 Å². The zero-order chi connectivity index (χ0) is 21.7. The zero-order valence-electron chi connectivity index (χ0n) is 15.4. The number of halogens is 5. The fourth-order valence-electron chi connectivity index (χ4n) is 2.73. The van der Waals surface area contributed by atoms with Crippen LogP contribution in [0.3, 0.4) is 0 Å². The summed E-state index contributed by atoms with van der Waals surface area (Å²) in [5.41, 5.74) is -1.05. The SMILES string of the molecule is O=C(NCC1CCOCC1)Oc1cnc(Nc2ccc(Cl)c(Cl)c2)nc1C(F)(F)F. The third kappa shape index (κ3) is 6.10. The highest BCUT2D eigenvalue weighted by molar-refractivity contribution is 6.42. The molecule has 1 saturated heterocycles. The summed E-state index contributed by atoms with van der Waals surface area (Å²) in [7, 11) is 0. The maximum atomic E-state index is 13.4. The molecule has 0 saturated carbocycles. The fraction of sp³-hybridized carbons (Fsp3) is 0.389. The highest BCUT2D eigenvalue weighted by Gasteiger charge is 2.38. The van der Waals surface area contributed by atoms with Crippen molar-refractivity contribution in [1.29, 1.82) is 0 Å². The number of alkyl halides is 3. The van der Waals surface area contributed by atoms with Crippen molar-refractivity contribution in [3.05, 3.63) is 40.1 Å². The first-order chi connectivity index (χ1) is 14.2. The number of aromatic nitrogens is 2. The molecule has 7 nitrogen and oxygen atoms in total. The van der Waals surface area contributed by atoms with Crippen molar-refractivity contribution in [1.82, 2.24) is 15.3 Å². The molecule has 0 bridgehead atoms. The number of hydrogen-bond acceptors (Lipinski definition) is 6. The number of rotatable bonds is 5. The topological polar surface area (TPSA) is 85.4 Å². The Morgan fingerprint density at radius 1 is 1.23 bits per heavy atom. The molecule has 0 radical (unpaired) electrons. The molecule has 2 aromatic rings. The summed E-state index contributed by atoms with van der Waals surface area (Å²) in [6.07, 6.45) is -3.59. The van der Waals surface area contributed by atoms with Crippen molar-refractivity contribution >= 4 is 40.9 Å². The summed E-state index contributed by atoms with van der Waals surface area (Å²) in [6.45, 7) is 1.45. The molecule has 30 heavy (non-hydrogen) atoms. The lowest BCUT2D eigenvalue weighted by Crippen LogP contribution is -2.34. The van der Waals surface area contributed by atoms with Crippen LogP contribution in [0.5, 0.6) is 5.75 Å². The average molecular weight is 465 g/mol. The molecule has 1 aliphatic rings. The highest BCUT2D eigenvalue weighted by Crippen LogP contribution is 2.35. The molecule has 0 unspecified atom stereocenters. The Morgan fingerprint density at radius 3 is 2.63 bits per heavy atom. The Balaban J connectivity index is 1.70. The summed E-state index contributed by atoms with van der Waals surface area (Å²) in [6, 6.07) is 4.38. The third-order valence-electron chi connectivity index (χ3n) is 4.28. The van der Waals surface area contributed by atoms with E-state index in [-0.39, 0.29) is 28.5 Å². The van der Waals surface area contributed by atoms with Crippen LogP contribution in [0.1, 0.15) is 18.5 Å². The average Bonchev–Trinajstić information content (AvgIpc) is 2.70. The van der Waals surface area contributed by atoms with E-state index in [4.69, 9.17) is 32.7 Å². The van der Waals surface area contributed by atoms with Gasteiger partial charge in [-0.1, -0.05) is 23.2 Å². The number of carbonyl (C=O) groups excluding carboxylic acids is 1. The fourth-order valence-corrected chi connectivity index (χ4v) is 3.02. The van der Waals surface area contributed by atoms with Crippen molar-refractivity contribution in [2.24, 2.45) is 5.92 Å². The van der Waals surface area contributed by atoms with Crippen LogP contribution in [0.2, 0.25) is 10.0 Å². The van der Waals surface area contributed by atoms with Gasteiger partial charge in [-0.25, -0.2) is 14.8 Å². The first-order valence-corrected chi connectivity index (χ1v) is 9.67. The van der Waals surface area contributed by atoms with Crippen molar-refractivity contribution < 1.29 is 27.4 Å². The Morgan fingerprint density at radius 2 is 1.97 bits per heavy atom. The van der Waals surface area contributed by atoms with Crippen molar-refractivity contribution in [2.75, 3.05) is 25.1 Å². The van der Waals surface area contributed by atoms with E-state index in [9.17, 15) is 18.0 Å². The minimum Gasteiger partial charge on any atom is -0.406 e. The predicted molar refractivity (Wildman–Crippen MR) is 104 cm³/mol. The Kier molecular flexibility index (Phi) is 7.22. The van der Waals surface area contributed by atoms with Crippen LogP contribution in [0.25, 0.3) is 0 Å². The molecule has 12 heteroatoms. The van der Waals surface area contributed by atoms with Gasteiger partial charge < -0.3 is 20.1 Å². The second-order valence-corrected chi connectivity index (χ2v) is 7.30. The molecule has 3 rings (SSSR count). The number of nitrogens with one attached hydrogen (secondary N) is 2. The van der Waals surface area contributed by atoms with Gasteiger partial charge >= 0.3 is 12.3 Å². The van der Waals surface area contributed by atoms with Gasteiger partial charge in [-0.15, -0.1) is 0 Å². The van der Waals surface area contributed by atoms with E-state index in [0.717, 1.165) is 19.0 Å². The highest BCUT2D eigenvalue weighted by atomic mass is 35.5. The molecule has 0 aliphatic carbocycles. The maximum absolute atomic E-state index is 13.4. The molecule has 1 amide bonds. The van der Waals surface area contributed by atoms with Crippen molar-refractivity contribution in [3.63, 3.8) is 0 Å². The first-order valence-electron chi connectivity index (χ1n) is 8.92. The molecule has 0 atom stereocenters. The minimum atomic E-state index is -4.87. The largest absolute Gasteiger partial charge is 0.437 e. The molecule has 0 spiro atoms. The number of nitrogens with zero attached hydrogens (tertiary/aromatic N) is 2. The lowest BCUT2D eigenvalue weighted by molar-refractivity contribution is -0.142. The number of anilines is 2. The van der Waals surface area contributed by atoms with E-state index < -0.39 is 23.7 Å². The van der Waals surface area contributed by atoms with E-state index in [2.05, 4.69) is 20.6 Å². The third-order valence-corrected chi connectivity index (χ3v) is 5.02. The number of ether oxygens (including phenoxy) is 2. The summed E-state index contributed by atoms with van der Waals surface area (Å²) >= 11 is 11.7. The van der Waals surface area contributed by atoms with Crippen LogP contribution < -0.4 is 15.4 Å². The van der Waals surface area contributed by atoms with Gasteiger partial charge in [-0.2, -0.15) is 13.2 Å². The summed E-state index contributed by atoms with van der Waals surface area (Å²) < 4.78 is 50.3. The standard InChI is InChI=1S/C18H17Cl2F3N4O3/c19-12-2-1-11(7-13(12)20)26-16-24-9-14(15(27-16)18(21,22)23)30-17(28)25-8-10-3-5-29-6-4-10/h1-2,7,9-10H,3-6,8H2,(H,25,28)(H,24,26,27). The van der Waals surface area contributed by atoms with Gasteiger partial charge in [0.05, 0.1) is 16.2 Å². The molecule has 1 aromatic heterocycles. The van der Waals surface area contributed by atoms with Gasteiger partial charge in [0.15, 0.2) is 11.4 Å². The quantitative estimate of drug-likeness (QED) is 0.642. The number of hydrogen-bond donors (Lipinski definition) is 2. The number of amides is 1. The van der Waals surface area contributed by atoms with Crippen LogP contribution in [-0.4, -0.2) is 35.8 Å². The van der Waals surface area contributed by atoms with Crippen molar-refractivity contribution in [3.8, 4) is 5.75 Å². The van der Waals surface area contributed by atoms with Gasteiger partial charge in [0.1, 0.15) is 0 Å². The second kappa shape index (κ2) is 9.67. The minimum absolute atomic E-state index is 0.183. The van der Waals surface area contributed by atoms with E-state index in [0.29, 0.717) is 18.9 Å². The van der Waals surface area contributed by atoms with Gasteiger partial charge in [0.2, 0.25) is 5.95 Å². The first kappa shape index (κ1) is 22.4. The molecule has 1 aromatic carbocycles. The summed E-state index contributed by atoms with van der Waals surface area (Å²) in [5.74, 6) is -0.968. The Bertz CT molecular complexity index is 909. The lowest BCUT2D eigenvalue weighted by Gasteiger charge is -2.22. The maximum Gasteiger partial charge on any atom is 0.437 e. The van der Waals surface area contributed by atoms with E-state index in [1.54, 1.807) is 0 Å². The molecular formula is C18H17Cl2F3N4O3. The van der Waals surface area contributed by atoms with E-state index >= 15 is 0 Å². The van der Waals surface area contributed by atoms with E-state index in [1.165, 1.54) is 18.2 Å². The molecule has 2 heterocycles. The van der Waals surface area contributed by atoms with Gasteiger partial charge in [-0.3, -0.25) is 0 Å². The predicted octanol–water partition coefficient (Wildman–Crippen LogP) is 5.06. The molecule has 2 N–H and O–H groups in total. The van der Waals surface area contributed by atoms with E-state index in [1.807, 2.05) is 0 Å². The molecular weight excluding hydrogens is 448 g/mol. The van der Waals surface area contributed by atoms with Crippen LogP contribution in [-0.2, 0) is 10.9 Å². The zero-order valence-corrected chi connectivity index (χ0v) is 16.9. The monoisotopic (exact) mass is 464 g/mol. The van der Waals surface area contributed by atoms with Gasteiger partial charge in [0, 0.05) is 25.4 Å². The summed E-state index contributed by atoms with van der Waals surface area (Å²) in [5, 5.41) is 5.56. The normalized spacial score (nSPS) is 15.0. The number of carbonyl (C=O) groups is 1. The summed E-state index contributed by atoms with van der Waals surface area (Å²) in [4.78, 5) is 19.2. The van der Waals surface area contributed by atoms with Crippen LogP contribution in [0.15, 0.2) is 24.4 Å². The van der Waals surface area contributed by atoms with Gasteiger partial charge in [-0.05, 0) is 37.0 Å². The molecule has 1 fully saturated rings. The Labute approximate surface area is 179 Å². The number of benzene rings is 1. The van der Waals surface area contributed by atoms with Crippen LogP contribution >= 0.6 is 23.2 Å². The molecule has 1 aliphatic heterocycles. The lowest BCUT2D eigenvalue weighted by atomic mass is 10.0. The Hall–Kier alpha value is -2.30.